The quantitative estimate of drug-likeness (QED) is 0.666. The molecule has 2 rings (SSSR count). The lowest BCUT2D eigenvalue weighted by atomic mass is 10.1. The topological polar surface area (TPSA) is 82.0 Å². The minimum atomic E-state index is -0.461. The summed E-state index contributed by atoms with van der Waals surface area (Å²) in [6.45, 7) is 1.61. The Kier molecular flexibility index (Phi) is 3.16. The van der Waals surface area contributed by atoms with E-state index in [0.29, 0.717) is 27.7 Å². The molecule has 92 valence electrons. The molecule has 0 saturated carbocycles. The monoisotopic (exact) mass is 263 g/mol. The molecule has 2 aromatic rings. The van der Waals surface area contributed by atoms with Crippen LogP contribution in [0, 0.1) is 17.0 Å². The smallest absolute Gasteiger partial charge is 0.273 e. The van der Waals surface area contributed by atoms with E-state index in [1.165, 1.54) is 6.07 Å². The van der Waals surface area contributed by atoms with Gasteiger partial charge in [-0.15, -0.1) is 0 Å². The predicted octanol–water partition coefficient (Wildman–Crippen LogP) is 3.20. The molecule has 5 nitrogen and oxygen atoms in total. The summed E-state index contributed by atoms with van der Waals surface area (Å²) in [4.78, 5) is 14.5. The zero-order chi connectivity index (χ0) is 13.3. The van der Waals surface area contributed by atoms with E-state index in [1.807, 2.05) is 0 Å². The number of halogens is 1. The predicted molar refractivity (Wildman–Crippen MR) is 70.5 cm³/mol. The highest BCUT2D eigenvalue weighted by Crippen LogP contribution is 2.34. The van der Waals surface area contributed by atoms with Crippen LogP contribution >= 0.6 is 11.6 Å². The molecule has 18 heavy (non-hydrogen) atoms. The number of nitrogens with two attached hydrogens (primary N) is 1. The molecule has 1 aromatic carbocycles. The Morgan fingerprint density at radius 3 is 2.67 bits per heavy atom. The first-order valence-electron chi connectivity index (χ1n) is 5.17. The standard InChI is InChI=1S/C12H10ClN3O2/c1-7-10(16(17)18)6-5-8(12(7)13)9-3-2-4-11(14)15-9/h2-6H,1H3,(H2,14,15). The number of rotatable bonds is 2. The molecule has 0 unspecified atom stereocenters. The lowest BCUT2D eigenvalue weighted by Crippen LogP contribution is -1.96. The van der Waals surface area contributed by atoms with Crippen molar-refractivity contribution in [3.05, 3.63) is 51.0 Å². The van der Waals surface area contributed by atoms with Crippen molar-refractivity contribution in [3.8, 4) is 11.3 Å². The van der Waals surface area contributed by atoms with Crippen LogP contribution in [0.1, 0.15) is 5.56 Å². The third-order valence-corrected chi connectivity index (χ3v) is 3.09. The Morgan fingerprint density at radius 2 is 2.06 bits per heavy atom. The molecule has 0 amide bonds. The van der Waals surface area contributed by atoms with Crippen molar-refractivity contribution < 1.29 is 4.92 Å². The average molecular weight is 264 g/mol. The first kappa shape index (κ1) is 12.3. The van der Waals surface area contributed by atoms with Gasteiger partial charge in [-0.2, -0.15) is 0 Å². The van der Waals surface area contributed by atoms with Crippen LogP contribution < -0.4 is 5.73 Å². The fourth-order valence-electron chi connectivity index (χ4n) is 1.67. The number of nitrogens with zero attached hydrogens (tertiary/aromatic N) is 2. The van der Waals surface area contributed by atoms with E-state index in [0.717, 1.165) is 0 Å². The summed E-state index contributed by atoms with van der Waals surface area (Å²) in [5, 5.41) is 11.1. The van der Waals surface area contributed by atoms with Gasteiger partial charge in [0.2, 0.25) is 0 Å². The fourth-order valence-corrected chi connectivity index (χ4v) is 1.93. The summed E-state index contributed by atoms with van der Waals surface area (Å²) in [7, 11) is 0. The highest BCUT2D eigenvalue weighted by Gasteiger charge is 2.17. The Labute approximate surface area is 108 Å². The summed E-state index contributed by atoms with van der Waals surface area (Å²) in [5.74, 6) is 0.375. The lowest BCUT2D eigenvalue weighted by Gasteiger charge is -2.07. The van der Waals surface area contributed by atoms with Crippen molar-refractivity contribution in [1.29, 1.82) is 0 Å². The molecule has 0 saturated heterocycles. The fraction of sp³-hybridized carbons (Fsp3) is 0.0833. The Hall–Kier alpha value is -2.14. The van der Waals surface area contributed by atoms with E-state index in [1.54, 1.807) is 31.2 Å². The molecule has 0 atom stereocenters. The van der Waals surface area contributed by atoms with Gasteiger partial charge >= 0.3 is 0 Å². The van der Waals surface area contributed by atoms with Crippen molar-refractivity contribution >= 4 is 23.1 Å². The van der Waals surface area contributed by atoms with Gasteiger partial charge in [-0.05, 0) is 25.1 Å². The molecule has 0 fully saturated rings. The van der Waals surface area contributed by atoms with Gasteiger partial charge in [-0.3, -0.25) is 10.1 Å². The molecule has 0 radical (unpaired) electrons. The molecule has 0 spiro atoms. The second kappa shape index (κ2) is 4.62. The van der Waals surface area contributed by atoms with Crippen LogP contribution in [-0.2, 0) is 0 Å². The normalized spacial score (nSPS) is 10.3. The number of nitro benzene ring substituents is 1. The molecule has 1 aromatic heterocycles. The van der Waals surface area contributed by atoms with Gasteiger partial charge in [0, 0.05) is 17.2 Å². The summed E-state index contributed by atoms with van der Waals surface area (Å²) >= 11 is 6.14. The molecule has 2 N–H and O–H groups in total. The molecular formula is C12H10ClN3O2. The SMILES string of the molecule is Cc1c([N+](=O)[O-])ccc(-c2cccc(N)n2)c1Cl. The first-order valence-corrected chi connectivity index (χ1v) is 5.55. The maximum atomic E-state index is 10.8. The highest BCUT2D eigenvalue weighted by molar-refractivity contribution is 6.34. The zero-order valence-corrected chi connectivity index (χ0v) is 10.3. The Balaban J connectivity index is 2.61. The number of benzene rings is 1. The summed E-state index contributed by atoms with van der Waals surface area (Å²) in [5.41, 5.74) is 7.24. The van der Waals surface area contributed by atoms with Crippen molar-refractivity contribution in [3.63, 3.8) is 0 Å². The average Bonchev–Trinajstić information content (AvgIpc) is 2.32. The molecule has 0 aliphatic heterocycles. The summed E-state index contributed by atoms with van der Waals surface area (Å²) in [6, 6.07) is 8.17. The van der Waals surface area contributed by atoms with Gasteiger partial charge in [0.05, 0.1) is 15.6 Å². The lowest BCUT2D eigenvalue weighted by molar-refractivity contribution is -0.385. The van der Waals surface area contributed by atoms with Crippen LogP contribution in [0.5, 0.6) is 0 Å². The van der Waals surface area contributed by atoms with Crippen molar-refractivity contribution in [1.82, 2.24) is 4.98 Å². The van der Waals surface area contributed by atoms with E-state index >= 15 is 0 Å². The van der Waals surface area contributed by atoms with E-state index in [-0.39, 0.29) is 5.69 Å². The second-order valence-electron chi connectivity index (χ2n) is 3.78. The number of hydrogen-bond donors (Lipinski definition) is 1. The van der Waals surface area contributed by atoms with Gasteiger partial charge in [0.1, 0.15) is 5.82 Å². The van der Waals surface area contributed by atoms with Crippen LogP contribution in [0.25, 0.3) is 11.3 Å². The molecule has 6 heteroatoms. The summed E-state index contributed by atoms with van der Waals surface area (Å²) in [6.07, 6.45) is 0. The number of hydrogen-bond acceptors (Lipinski definition) is 4. The molecule has 1 heterocycles. The molecule has 0 aliphatic rings. The van der Waals surface area contributed by atoms with Crippen LogP contribution in [0.4, 0.5) is 11.5 Å². The zero-order valence-electron chi connectivity index (χ0n) is 9.55. The van der Waals surface area contributed by atoms with Crippen LogP contribution in [0.2, 0.25) is 5.02 Å². The maximum Gasteiger partial charge on any atom is 0.273 e. The number of nitro groups is 1. The molecular weight excluding hydrogens is 254 g/mol. The Morgan fingerprint density at radius 1 is 1.33 bits per heavy atom. The second-order valence-corrected chi connectivity index (χ2v) is 4.15. The van der Waals surface area contributed by atoms with Gasteiger partial charge in [-0.25, -0.2) is 4.98 Å². The third kappa shape index (κ3) is 2.12. The summed E-state index contributed by atoms with van der Waals surface area (Å²) < 4.78 is 0. The van der Waals surface area contributed by atoms with E-state index < -0.39 is 4.92 Å². The molecule has 0 bridgehead atoms. The number of anilines is 1. The number of aromatic nitrogens is 1. The largest absolute Gasteiger partial charge is 0.384 e. The Bertz CT molecular complexity index is 629. The van der Waals surface area contributed by atoms with Crippen molar-refractivity contribution in [2.24, 2.45) is 0 Å². The minimum absolute atomic E-state index is 0.00680. The van der Waals surface area contributed by atoms with Gasteiger partial charge in [0.15, 0.2) is 0 Å². The van der Waals surface area contributed by atoms with E-state index in [2.05, 4.69) is 4.98 Å². The number of nitrogen functional groups attached to an aromatic ring is 1. The van der Waals surface area contributed by atoms with E-state index in [4.69, 9.17) is 17.3 Å². The molecule has 0 aliphatic carbocycles. The third-order valence-electron chi connectivity index (χ3n) is 2.60. The highest BCUT2D eigenvalue weighted by atomic mass is 35.5. The van der Waals surface area contributed by atoms with Crippen LogP contribution in [0.15, 0.2) is 30.3 Å². The minimum Gasteiger partial charge on any atom is -0.384 e. The van der Waals surface area contributed by atoms with Crippen LogP contribution in [-0.4, -0.2) is 9.91 Å². The van der Waals surface area contributed by atoms with Gasteiger partial charge < -0.3 is 5.73 Å². The maximum absolute atomic E-state index is 10.8. The van der Waals surface area contributed by atoms with Gasteiger partial charge in [-0.1, -0.05) is 17.7 Å². The number of pyridine rings is 1. The van der Waals surface area contributed by atoms with E-state index in [9.17, 15) is 10.1 Å². The van der Waals surface area contributed by atoms with Crippen LogP contribution in [0.3, 0.4) is 0 Å². The van der Waals surface area contributed by atoms with Crippen molar-refractivity contribution in [2.45, 2.75) is 6.92 Å². The van der Waals surface area contributed by atoms with Gasteiger partial charge in [0.25, 0.3) is 5.69 Å². The first-order chi connectivity index (χ1) is 8.50. The van der Waals surface area contributed by atoms with Crippen molar-refractivity contribution in [2.75, 3.05) is 5.73 Å².